The Hall–Kier alpha value is -5.44. The first-order chi connectivity index (χ1) is 24.5. The van der Waals surface area contributed by atoms with E-state index in [0.29, 0.717) is 0 Å². The number of anilines is 3. The number of rotatable bonds is 3. The Morgan fingerprint density at radius 3 is 1.84 bits per heavy atom. The lowest BCUT2D eigenvalue weighted by Gasteiger charge is -2.42. The van der Waals surface area contributed by atoms with Crippen LogP contribution >= 0.6 is 15.9 Å². The number of fused-ring (bicyclic) bond motifs is 7. The molecular formula is C48H34BrN. The minimum Gasteiger partial charge on any atom is -0.310 e. The number of nitrogens with zero attached hydrogens (tertiary/aromatic N) is 1. The van der Waals surface area contributed by atoms with Crippen molar-refractivity contribution in [3.63, 3.8) is 0 Å². The van der Waals surface area contributed by atoms with Gasteiger partial charge in [0.25, 0.3) is 0 Å². The zero-order valence-electron chi connectivity index (χ0n) is 28.0. The molecule has 0 spiro atoms. The average Bonchev–Trinajstić information content (AvgIpc) is 3.52. The van der Waals surface area contributed by atoms with Gasteiger partial charge in [0.1, 0.15) is 0 Å². The lowest BCUT2D eigenvalue weighted by atomic mass is 9.72. The van der Waals surface area contributed by atoms with Gasteiger partial charge >= 0.3 is 0 Å². The zero-order valence-corrected chi connectivity index (χ0v) is 29.6. The van der Waals surface area contributed by atoms with E-state index in [9.17, 15) is 0 Å². The van der Waals surface area contributed by atoms with Crippen molar-refractivity contribution in [3.8, 4) is 33.4 Å². The van der Waals surface area contributed by atoms with Crippen molar-refractivity contribution in [1.29, 1.82) is 0 Å². The molecule has 1 aliphatic heterocycles. The largest absolute Gasteiger partial charge is 0.310 e. The summed E-state index contributed by atoms with van der Waals surface area (Å²) in [6.45, 7) is 4.78. The van der Waals surface area contributed by atoms with Gasteiger partial charge in [-0.15, -0.1) is 0 Å². The van der Waals surface area contributed by atoms with E-state index in [1.54, 1.807) is 0 Å². The molecule has 0 aromatic heterocycles. The predicted octanol–water partition coefficient (Wildman–Crippen LogP) is 13.8. The van der Waals surface area contributed by atoms with Crippen LogP contribution < -0.4 is 4.90 Å². The van der Waals surface area contributed by atoms with Crippen LogP contribution in [0.4, 0.5) is 17.1 Å². The minimum absolute atomic E-state index is 0.162. The molecule has 0 bridgehead atoms. The number of halogens is 1. The van der Waals surface area contributed by atoms with Gasteiger partial charge in [-0.25, -0.2) is 0 Å². The van der Waals surface area contributed by atoms with Crippen molar-refractivity contribution >= 4 is 54.5 Å². The van der Waals surface area contributed by atoms with Crippen LogP contribution in [0.3, 0.4) is 0 Å². The number of benzene rings is 8. The smallest absolute Gasteiger partial charge is 0.0505 e. The van der Waals surface area contributed by atoms with Gasteiger partial charge in [0.2, 0.25) is 0 Å². The molecule has 0 radical (unpaired) electrons. The fraction of sp³-hybridized carbons (Fsp3) is 0.0833. The van der Waals surface area contributed by atoms with E-state index >= 15 is 0 Å². The Balaban J connectivity index is 1.30. The molecule has 1 aliphatic carbocycles. The van der Waals surface area contributed by atoms with Crippen molar-refractivity contribution in [3.05, 3.63) is 184 Å². The lowest BCUT2D eigenvalue weighted by Crippen LogP contribution is -2.30. The van der Waals surface area contributed by atoms with E-state index in [-0.39, 0.29) is 5.41 Å². The predicted molar refractivity (Wildman–Crippen MR) is 215 cm³/mol. The normalized spacial score (nSPS) is 13.9. The van der Waals surface area contributed by atoms with E-state index < -0.39 is 0 Å². The molecular weight excluding hydrogens is 670 g/mol. The van der Waals surface area contributed by atoms with Gasteiger partial charge < -0.3 is 4.90 Å². The monoisotopic (exact) mass is 703 g/mol. The molecule has 10 rings (SSSR count). The van der Waals surface area contributed by atoms with Crippen LogP contribution in [0.5, 0.6) is 0 Å². The molecule has 2 heteroatoms. The lowest BCUT2D eigenvalue weighted by molar-refractivity contribution is 0.632. The highest BCUT2D eigenvalue weighted by Crippen LogP contribution is 2.55. The Morgan fingerprint density at radius 1 is 0.480 bits per heavy atom. The third kappa shape index (κ3) is 4.31. The van der Waals surface area contributed by atoms with E-state index in [4.69, 9.17) is 0 Å². The maximum Gasteiger partial charge on any atom is 0.0505 e. The number of hydrogen-bond donors (Lipinski definition) is 0. The quantitative estimate of drug-likeness (QED) is 0.166. The second-order valence-electron chi connectivity index (χ2n) is 14.2. The Labute approximate surface area is 301 Å². The Kier molecular flexibility index (Phi) is 6.50. The van der Waals surface area contributed by atoms with Gasteiger partial charge in [-0.1, -0.05) is 145 Å². The van der Waals surface area contributed by atoms with Gasteiger partial charge in [0, 0.05) is 15.6 Å². The van der Waals surface area contributed by atoms with Crippen molar-refractivity contribution in [2.75, 3.05) is 4.90 Å². The minimum atomic E-state index is -0.162. The van der Waals surface area contributed by atoms with Crippen LogP contribution in [0.15, 0.2) is 162 Å². The van der Waals surface area contributed by atoms with Crippen LogP contribution in [0, 0.1) is 0 Å². The van der Waals surface area contributed by atoms with E-state index in [0.717, 1.165) is 10.9 Å². The second kappa shape index (κ2) is 11.0. The second-order valence-corrected chi connectivity index (χ2v) is 15.2. The van der Waals surface area contributed by atoms with Gasteiger partial charge in [-0.05, 0) is 126 Å². The molecule has 0 fully saturated rings. The Bertz CT molecular complexity index is 2650. The van der Waals surface area contributed by atoms with Gasteiger partial charge in [0.05, 0.1) is 11.4 Å². The van der Waals surface area contributed by atoms with Crippen LogP contribution in [0.25, 0.3) is 54.9 Å². The summed E-state index contributed by atoms with van der Waals surface area (Å²) in [5.41, 5.74) is 16.8. The summed E-state index contributed by atoms with van der Waals surface area (Å²) in [6.07, 6.45) is 0.965. The van der Waals surface area contributed by atoms with E-state index in [1.165, 1.54) is 94.2 Å². The van der Waals surface area contributed by atoms with Crippen LogP contribution in [0.1, 0.15) is 36.1 Å². The molecule has 0 saturated carbocycles. The molecule has 0 N–H and O–H groups in total. The molecule has 8 aromatic carbocycles. The molecule has 0 amide bonds. The third-order valence-corrected chi connectivity index (χ3v) is 11.6. The summed E-state index contributed by atoms with van der Waals surface area (Å²) in [7, 11) is 0. The summed E-state index contributed by atoms with van der Waals surface area (Å²) in [5, 5.41) is 4.99. The molecule has 2 aliphatic rings. The van der Waals surface area contributed by atoms with E-state index in [2.05, 4.69) is 192 Å². The molecule has 0 unspecified atom stereocenters. The van der Waals surface area contributed by atoms with Crippen molar-refractivity contribution in [2.45, 2.75) is 25.7 Å². The van der Waals surface area contributed by atoms with Crippen LogP contribution in [-0.4, -0.2) is 0 Å². The maximum atomic E-state index is 3.81. The highest BCUT2D eigenvalue weighted by molar-refractivity contribution is 9.10. The molecule has 1 heterocycles. The summed E-state index contributed by atoms with van der Waals surface area (Å²) in [5.74, 6) is 0. The van der Waals surface area contributed by atoms with Crippen molar-refractivity contribution < 1.29 is 0 Å². The topological polar surface area (TPSA) is 3.24 Å². The third-order valence-electron chi connectivity index (χ3n) is 11.1. The van der Waals surface area contributed by atoms with Crippen LogP contribution in [0.2, 0.25) is 0 Å². The SMILES string of the molecule is CC1(C)c2ccccc2N(c2ccc3c(-c4ccccc4)c4cc(Br)ccc4c(-c4ccccc4)c3c2)c2cc3c(cc21)-c1ccccc1C3. The summed E-state index contributed by atoms with van der Waals surface area (Å²) < 4.78 is 1.08. The van der Waals surface area contributed by atoms with E-state index in [1.807, 2.05) is 0 Å². The first-order valence-corrected chi connectivity index (χ1v) is 18.2. The molecule has 238 valence electrons. The standard InChI is InChI=1S/C48H34BrN/c1-48(2)42-19-11-12-20-44(42)50(45-26-33-25-32-17-9-10-18-36(32)39(33)29-43(45)48)35-22-24-38-41(28-35)47(31-15-7-4-8-16-31)37-23-21-34(49)27-40(37)46(38)30-13-5-3-6-14-30/h3-24,26-29H,25H2,1-2H3. The Morgan fingerprint density at radius 2 is 1.10 bits per heavy atom. The van der Waals surface area contributed by atoms with Crippen LogP contribution in [-0.2, 0) is 11.8 Å². The van der Waals surface area contributed by atoms with Crippen molar-refractivity contribution in [1.82, 2.24) is 0 Å². The first kappa shape index (κ1) is 29.5. The fourth-order valence-electron chi connectivity index (χ4n) is 8.77. The van der Waals surface area contributed by atoms with Gasteiger partial charge in [0.15, 0.2) is 0 Å². The van der Waals surface area contributed by atoms with Gasteiger partial charge in [-0.2, -0.15) is 0 Å². The summed E-state index contributed by atoms with van der Waals surface area (Å²) in [4.78, 5) is 2.53. The summed E-state index contributed by atoms with van der Waals surface area (Å²) >= 11 is 3.81. The molecule has 0 atom stereocenters. The zero-order chi connectivity index (χ0) is 33.6. The highest BCUT2D eigenvalue weighted by Gasteiger charge is 2.38. The average molecular weight is 705 g/mol. The molecule has 50 heavy (non-hydrogen) atoms. The molecule has 1 nitrogen and oxygen atoms in total. The number of hydrogen-bond acceptors (Lipinski definition) is 1. The van der Waals surface area contributed by atoms with Crippen molar-refractivity contribution in [2.24, 2.45) is 0 Å². The molecule has 0 saturated heterocycles. The highest BCUT2D eigenvalue weighted by atomic mass is 79.9. The fourth-order valence-corrected chi connectivity index (χ4v) is 9.13. The van der Waals surface area contributed by atoms with Gasteiger partial charge in [-0.3, -0.25) is 0 Å². The summed E-state index contributed by atoms with van der Waals surface area (Å²) in [6, 6.07) is 58.6. The number of para-hydroxylation sites is 1. The maximum absolute atomic E-state index is 3.81. The first-order valence-electron chi connectivity index (χ1n) is 17.4. The molecule has 8 aromatic rings.